The van der Waals surface area contributed by atoms with Crippen molar-refractivity contribution in [1.29, 1.82) is 5.41 Å². The van der Waals surface area contributed by atoms with Crippen LogP contribution in [0.5, 0.6) is 0 Å². The Hall–Kier alpha value is -1.62. The normalized spacial score (nSPS) is 18.2. The third kappa shape index (κ3) is 3.10. The van der Waals surface area contributed by atoms with Gasteiger partial charge in [-0.1, -0.05) is 0 Å². The van der Waals surface area contributed by atoms with Gasteiger partial charge in [-0.05, 0) is 39.7 Å². The fraction of sp³-hybridized carbons (Fsp3) is 0.600. The van der Waals surface area contributed by atoms with Crippen LogP contribution in [0.25, 0.3) is 0 Å². The predicted octanol–water partition coefficient (Wildman–Crippen LogP) is 1.99. The van der Waals surface area contributed by atoms with Crippen molar-refractivity contribution in [2.75, 3.05) is 24.6 Å². The molecule has 0 spiro atoms. The maximum atomic E-state index is 7.82. The lowest BCUT2D eigenvalue weighted by molar-refractivity contribution is 0.115. The number of pyridine rings is 1. The van der Waals surface area contributed by atoms with Gasteiger partial charge in [-0.25, -0.2) is 0 Å². The molecular formula is C15H24N4O. The number of aromatic nitrogens is 1. The van der Waals surface area contributed by atoms with Gasteiger partial charge in [-0.15, -0.1) is 0 Å². The summed E-state index contributed by atoms with van der Waals surface area (Å²) >= 11 is 0. The number of aryl methyl sites for hydroxylation is 2. The van der Waals surface area contributed by atoms with Crippen molar-refractivity contribution in [2.24, 2.45) is 5.73 Å². The Morgan fingerprint density at radius 1 is 1.55 bits per heavy atom. The number of nitrogen functional groups attached to an aromatic ring is 1. The first-order chi connectivity index (χ1) is 9.52. The van der Waals surface area contributed by atoms with Gasteiger partial charge in [-0.2, -0.15) is 0 Å². The Morgan fingerprint density at radius 2 is 2.30 bits per heavy atom. The summed E-state index contributed by atoms with van der Waals surface area (Å²) in [6.07, 6.45) is 2.52. The zero-order valence-corrected chi connectivity index (χ0v) is 12.6. The van der Waals surface area contributed by atoms with E-state index in [0.29, 0.717) is 0 Å². The first-order valence-electron chi connectivity index (χ1n) is 7.22. The monoisotopic (exact) mass is 276 g/mol. The number of anilines is 1. The van der Waals surface area contributed by atoms with Gasteiger partial charge in [0.25, 0.3) is 0 Å². The molecule has 1 aromatic rings. The molecule has 3 N–H and O–H groups in total. The Bertz CT molecular complexity index is 495. The van der Waals surface area contributed by atoms with Crippen molar-refractivity contribution < 1.29 is 4.74 Å². The topological polar surface area (TPSA) is 75.2 Å². The first-order valence-corrected chi connectivity index (χ1v) is 7.22. The highest BCUT2D eigenvalue weighted by Gasteiger charge is 2.22. The highest BCUT2D eigenvalue weighted by molar-refractivity contribution is 6.01. The van der Waals surface area contributed by atoms with Crippen LogP contribution >= 0.6 is 0 Å². The molecular weight excluding hydrogens is 252 g/mol. The zero-order valence-electron chi connectivity index (χ0n) is 12.6. The second-order valence-corrected chi connectivity index (χ2v) is 5.33. The SMILES string of the molecule is CCN(CC1CCCO1)c1cc(C)nc(C)c1C(=N)N. The van der Waals surface area contributed by atoms with Crippen LogP contribution in [0, 0.1) is 19.3 Å². The van der Waals surface area contributed by atoms with Crippen molar-refractivity contribution in [3.63, 3.8) is 0 Å². The second-order valence-electron chi connectivity index (χ2n) is 5.33. The number of hydrogen-bond donors (Lipinski definition) is 2. The summed E-state index contributed by atoms with van der Waals surface area (Å²) in [6, 6.07) is 2.02. The molecule has 1 atom stereocenters. The molecule has 0 radical (unpaired) electrons. The quantitative estimate of drug-likeness (QED) is 0.637. The molecule has 0 aromatic carbocycles. The third-order valence-corrected chi connectivity index (χ3v) is 3.75. The maximum Gasteiger partial charge on any atom is 0.126 e. The standard InChI is InChI=1S/C15H24N4O/c1-4-19(9-12-6-5-7-20-12)13-8-10(2)18-11(3)14(13)15(16)17/h8,12H,4-7,9H2,1-3H3,(H3,16,17). The Kier molecular flexibility index (Phi) is 4.60. The average molecular weight is 276 g/mol. The number of rotatable bonds is 5. The summed E-state index contributed by atoms with van der Waals surface area (Å²) in [5.74, 6) is 0.0794. The highest BCUT2D eigenvalue weighted by atomic mass is 16.5. The minimum absolute atomic E-state index is 0.0794. The van der Waals surface area contributed by atoms with Gasteiger partial charge in [0.15, 0.2) is 0 Å². The molecule has 1 fully saturated rings. The van der Waals surface area contributed by atoms with E-state index in [4.69, 9.17) is 15.9 Å². The molecule has 2 heterocycles. The van der Waals surface area contributed by atoms with Gasteiger partial charge in [0.1, 0.15) is 5.84 Å². The number of nitrogens with one attached hydrogen (secondary N) is 1. The summed E-state index contributed by atoms with van der Waals surface area (Å²) in [7, 11) is 0. The Balaban J connectivity index is 2.34. The van der Waals surface area contributed by atoms with E-state index < -0.39 is 0 Å². The second kappa shape index (κ2) is 6.22. The summed E-state index contributed by atoms with van der Waals surface area (Å²) in [4.78, 5) is 6.67. The number of ether oxygens (including phenoxy) is 1. The van der Waals surface area contributed by atoms with Gasteiger partial charge >= 0.3 is 0 Å². The van der Waals surface area contributed by atoms with E-state index in [-0.39, 0.29) is 11.9 Å². The van der Waals surface area contributed by atoms with Crippen LogP contribution in [0.3, 0.4) is 0 Å². The lowest BCUT2D eigenvalue weighted by atomic mass is 10.1. The molecule has 2 rings (SSSR count). The smallest absolute Gasteiger partial charge is 0.126 e. The van der Waals surface area contributed by atoms with E-state index in [1.165, 1.54) is 0 Å². The molecule has 1 unspecified atom stereocenters. The number of likely N-dealkylation sites (N-methyl/N-ethyl adjacent to an activating group) is 1. The van der Waals surface area contributed by atoms with Crippen molar-refractivity contribution >= 4 is 11.5 Å². The Morgan fingerprint density at radius 3 is 2.85 bits per heavy atom. The molecule has 0 saturated carbocycles. The minimum Gasteiger partial charge on any atom is -0.384 e. The summed E-state index contributed by atoms with van der Waals surface area (Å²) < 4.78 is 5.73. The summed E-state index contributed by atoms with van der Waals surface area (Å²) in [5, 5.41) is 7.82. The zero-order chi connectivity index (χ0) is 14.7. The summed E-state index contributed by atoms with van der Waals surface area (Å²) in [5.41, 5.74) is 9.27. The van der Waals surface area contributed by atoms with Crippen LogP contribution < -0.4 is 10.6 Å². The molecule has 0 amide bonds. The lowest BCUT2D eigenvalue weighted by Gasteiger charge is -2.28. The van der Waals surface area contributed by atoms with Crippen LogP contribution in [0.4, 0.5) is 5.69 Å². The molecule has 0 aliphatic carbocycles. The summed E-state index contributed by atoms with van der Waals surface area (Å²) in [6.45, 7) is 8.57. The fourth-order valence-electron chi connectivity index (χ4n) is 2.82. The molecule has 5 nitrogen and oxygen atoms in total. The van der Waals surface area contributed by atoms with Gasteiger partial charge in [-0.3, -0.25) is 10.4 Å². The number of nitrogens with two attached hydrogens (primary N) is 1. The van der Waals surface area contributed by atoms with Gasteiger partial charge in [0.2, 0.25) is 0 Å². The van der Waals surface area contributed by atoms with E-state index in [1.807, 2.05) is 19.9 Å². The molecule has 110 valence electrons. The van der Waals surface area contributed by atoms with Crippen molar-refractivity contribution in [1.82, 2.24) is 4.98 Å². The molecule has 1 aromatic heterocycles. The van der Waals surface area contributed by atoms with Crippen LogP contribution in [0.1, 0.15) is 36.7 Å². The minimum atomic E-state index is 0.0794. The van der Waals surface area contributed by atoms with E-state index in [2.05, 4.69) is 16.8 Å². The van der Waals surface area contributed by atoms with Crippen molar-refractivity contribution in [3.8, 4) is 0 Å². The fourth-order valence-corrected chi connectivity index (χ4v) is 2.82. The first kappa shape index (κ1) is 14.8. The van der Waals surface area contributed by atoms with Crippen molar-refractivity contribution in [2.45, 2.75) is 39.7 Å². The lowest BCUT2D eigenvalue weighted by Crippen LogP contribution is -2.34. The largest absolute Gasteiger partial charge is 0.384 e. The van der Waals surface area contributed by atoms with E-state index in [9.17, 15) is 0 Å². The maximum absolute atomic E-state index is 7.82. The van der Waals surface area contributed by atoms with Crippen LogP contribution in [-0.4, -0.2) is 36.6 Å². The molecule has 1 aliphatic heterocycles. The van der Waals surface area contributed by atoms with Crippen LogP contribution in [0.2, 0.25) is 0 Å². The number of nitrogens with zero attached hydrogens (tertiary/aromatic N) is 2. The third-order valence-electron chi connectivity index (χ3n) is 3.75. The number of hydrogen-bond acceptors (Lipinski definition) is 4. The van der Waals surface area contributed by atoms with E-state index in [0.717, 1.165) is 55.2 Å². The predicted molar refractivity (Wildman–Crippen MR) is 81.6 cm³/mol. The van der Waals surface area contributed by atoms with Gasteiger partial charge in [0.05, 0.1) is 23.0 Å². The number of amidine groups is 1. The van der Waals surface area contributed by atoms with Gasteiger partial charge < -0.3 is 15.4 Å². The molecule has 0 bridgehead atoms. The van der Waals surface area contributed by atoms with E-state index in [1.54, 1.807) is 0 Å². The molecule has 1 aliphatic rings. The van der Waals surface area contributed by atoms with Crippen LogP contribution in [-0.2, 0) is 4.74 Å². The molecule has 1 saturated heterocycles. The van der Waals surface area contributed by atoms with Gasteiger partial charge in [0, 0.05) is 25.4 Å². The average Bonchev–Trinajstić information content (AvgIpc) is 2.87. The highest BCUT2D eigenvalue weighted by Crippen LogP contribution is 2.25. The van der Waals surface area contributed by atoms with Crippen LogP contribution in [0.15, 0.2) is 6.07 Å². The molecule has 20 heavy (non-hydrogen) atoms. The van der Waals surface area contributed by atoms with Crippen molar-refractivity contribution in [3.05, 3.63) is 23.0 Å². The Labute approximate surface area is 120 Å². The molecule has 5 heteroatoms. The van der Waals surface area contributed by atoms with E-state index >= 15 is 0 Å².